The van der Waals surface area contributed by atoms with Gasteiger partial charge in [-0.05, 0) is 56.2 Å². The van der Waals surface area contributed by atoms with Crippen LogP contribution in [0.3, 0.4) is 0 Å². The van der Waals surface area contributed by atoms with Gasteiger partial charge in [0.05, 0.1) is 11.9 Å². The summed E-state index contributed by atoms with van der Waals surface area (Å²) in [5, 5.41) is 2.87. The predicted octanol–water partition coefficient (Wildman–Crippen LogP) is 3.03. The summed E-state index contributed by atoms with van der Waals surface area (Å²) >= 11 is 0. The topological polar surface area (TPSA) is 75.7 Å². The molecule has 0 aliphatic carbocycles. The first-order valence-corrected chi connectivity index (χ1v) is 9.97. The molecule has 1 N–H and O–H groups in total. The van der Waals surface area contributed by atoms with E-state index in [2.05, 4.69) is 5.32 Å². The summed E-state index contributed by atoms with van der Waals surface area (Å²) in [6.45, 7) is 5.79. The molecule has 2 rings (SSSR count). The first-order valence-electron chi connectivity index (χ1n) is 8.12. The van der Waals surface area contributed by atoms with Crippen LogP contribution in [0.5, 0.6) is 5.75 Å². The van der Waals surface area contributed by atoms with Crippen molar-refractivity contribution in [3.8, 4) is 5.75 Å². The molecule has 0 spiro atoms. The lowest BCUT2D eigenvalue weighted by molar-refractivity contribution is -0.118. The van der Waals surface area contributed by atoms with Crippen molar-refractivity contribution in [1.29, 1.82) is 0 Å². The zero-order valence-electron chi connectivity index (χ0n) is 15.7. The van der Waals surface area contributed by atoms with Crippen LogP contribution in [0.4, 0.5) is 11.4 Å². The SMILES string of the molecule is Cc1cc(C)c(NC(=O)COc2ccc(N(C)S(C)(=O)=O)cc2)c(C)c1. The largest absolute Gasteiger partial charge is 0.484 e. The predicted molar refractivity (Wildman–Crippen MR) is 104 cm³/mol. The molecular weight excluding hydrogens is 352 g/mol. The average Bonchev–Trinajstić information content (AvgIpc) is 2.55. The number of nitrogens with zero attached hydrogens (tertiary/aromatic N) is 1. The van der Waals surface area contributed by atoms with E-state index in [0.717, 1.165) is 28.6 Å². The Balaban J connectivity index is 1.98. The van der Waals surface area contributed by atoms with Gasteiger partial charge in [0.15, 0.2) is 6.61 Å². The van der Waals surface area contributed by atoms with Crippen LogP contribution < -0.4 is 14.4 Å². The minimum atomic E-state index is -3.31. The molecule has 0 atom stereocenters. The summed E-state index contributed by atoms with van der Waals surface area (Å²) in [4.78, 5) is 12.2. The van der Waals surface area contributed by atoms with Crippen molar-refractivity contribution in [3.63, 3.8) is 0 Å². The Morgan fingerprint density at radius 3 is 2.12 bits per heavy atom. The standard InChI is InChI=1S/C19H24N2O4S/c1-13-10-14(2)19(15(3)11-13)20-18(22)12-25-17-8-6-16(7-9-17)21(4)26(5,23)24/h6-11H,12H2,1-5H3,(H,20,22). The number of rotatable bonds is 6. The summed E-state index contributed by atoms with van der Waals surface area (Å²) < 4.78 is 29.7. The van der Waals surface area contributed by atoms with Gasteiger partial charge < -0.3 is 10.1 Å². The Bertz CT molecular complexity index is 883. The molecule has 0 fully saturated rings. The van der Waals surface area contributed by atoms with E-state index in [4.69, 9.17) is 4.74 Å². The molecule has 1 amide bonds. The third kappa shape index (κ3) is 4.98. The molecule has 0 bridgehead atoms. The fourth-order valence-electron chi connectivity index (χ4n) is 2.65. The first kappa shape index (κ1) is 19.8. The number of ether oxygens (including phenoxy) is 1. The van der Waals surface area contributed by atoms with Gasteiger partial charge in [-0.15, -0.1) is 0 Å². The van der Waals surface area contributed by atoms with Gasteiger partial charge in [-0.3, -0.25) is 9.10 Å². The molecule has 2 aromatic carbocycles. The van der Waals surface area contributed by atoms with Crippen molar-refractivity contribution in [3.05, 3.63) is 53.1 Å². The highest BCUT2D eigenvalue weighted by molar-refractivity contribution is 7.92. The van der Waals surface area contributed by atoms with Crippen LogP contribution in [0.25, 0.3) is 0 Å². The Labute approximate surface area is 154 Å². The van der Waals surface area contributed by atoms with Gasteiger partial charge in [0, 0.05) is 12.7 Å². The molecule has 0 saturated carbocycles. The Kier molecular flexibility index (Phi) is 5.92. The molecule has 0 aliphatic heterocycles. The van der Waals surface area contributed by atoms with E-state index in [-0.39, 0.29) is 12.5 Å². The fourth-order valence-corrected chi connectivity index (χ4v) is 3.15. The normalized spacial score (nSPS) is 11.1. The van der Waals surface area contributed by atoms with Crippen molar-refractivity contribution in [2.45, 2.75) is 20.8 Å². The molecule has 0 saturated heterocycles. The van der Waals surface area contributed by atoms with Gasteiger partial charge in [0.1, 0.15) is 5.75 Å². The summed E-state index contributed by atoms with van der Waals surface area (Å²) in [5.41, 5.74) is 4.48. The Hall–Kier alpha value is -2.54. The van der Waals surface area contributed by atoms with E-state index in [1.54, 1.807) is 24.3 Å². The molecule has 6 nitrogen and oxygen atoms in total. The molecule has 2 aromatic rings. The number of sulfonamides is 1. The van der Waals surface area contributed by atoms with Crippen molar-refractivity contribution < 1.29 is 17.9 Å². The van der Waals surface area contributed by atoms with Gasteiger partial charge in [-0.2, -0.15) is 0 Å². The van der Waals surface area contributed by atoms with Crippen LogP contribution in [0.1, 0.15) is 16.7 Å². The zero-order chi connectivity index (χ0) is 19.5. The number of hydrogen-bond donors (Lipinski definition) is 1. The van der Waals surface area contributed by atoms with Gasteiger partial charge in [-0.1, -0.05) is 17.7 Å². The number of anilines is 2. The summed E-state index contributed by atoms with van der Waals surface area (Å²) in [7, 11) is -1.83. The van der Waals surface area contributed by atoms with E-state index < -0.39 is 10.0 Å². The number of hydrogen-bond acceptors (Lipinski definition) is 4. The molecule has 0 aromatic heterocycles. The highest BCUT2D eigenvalue weighted by atomic mass is 32.2. The van der Waals surface area contributed by atoms with Crippen LogP contribution in [-0.4, -0.2) is 34.2 Å². The monoisotopic (exact) mass is 376 g/mol. The van der Waals surface area contributed by atoms with Crippen molar-refractivity contribution in [2.75, 3.05) is 29.5 Å². The molecule has 0 heterocycles. The average molecular weight is 376 g/mol. The minimum Gasteiger partial charge on any atom is -0.484 e. The lowest BCUT2D eigenvalue weighted by Crippen LogP contribution is -2.24. The second kappa shape index (κ2) is 7.78. The number of nitrogens with one attached hydrogen (secondary N) is 1. The smallest absolute Gasteiger partial charge is 0.262 e. The second-order valence-electron chi connectivity index (χ2n) is 6.33. The fraction of sp³-hybridized carbons (Fsp3) is 0.316. The Morgan fingerprint density at radius 1 is 1.08 bits per heavy atom. The highest BCUT2D eigenvalue weighted by Crippen LogP contribution is 2.22. The van der Waals surface area contributed by atoms with Crippen LogP contribution in [0, 0.1) is 20.8 Å². The number of benzene rings is 2. The quantitative estimate of drug-likeness (QED) is 0.841. The maximum atomic E-state index is 12.2. The molecule has 0 unspecified atom stereocenters. The number of carbonyl (C=O) groups excluding carboxylic acids is 1. The van der Waals surface area contributed by atoms with Gasteiger partial charge in [0.2, 0.25) is 10.0 Å². The molecule has 26 heavy (non-hydrogen) atoms. The Morgan fingerprint density at radius 2 is 1.62 bits per heavy atom. The lowest BCUT2D eigenvalue weighted by atomic mass is 10.1. The molecule has 140 valence electrons. The van der Waals surface area contributed by atoms with E-state index in [1.807, 2.05) is 32.9 Å². The summed E-state index contributed by atoms with van der Waals surface area (Å²) in [6, 6.07) is 10.5. The zero-order valence-corrected chi connectivity index (χ0v) is 16.5. The van der Waals surface area contributed by atoms with E-state index in [0.29, 0.717) is 11.4 Å². The lowest BCUT2D eigenvalue weighted by Gasteiger charge is -2.17. The van der Waals surface area contributed by atoms with Gasteiger partial charge in [-0.25, -0.2) is 8.42 Å². The first-order chi connectivity index (χ1) is 12.1. The van der Waals surface area contributed by atoms with Crippen molar-refractivity contribution >= 4 is 27.3 Å². The van der Waals surface area contributed by atoms with Crippen LogP contribution >= 0.6 is 0 Å². The molecular formula is C19H24N2O4S. The summed E-state index contributed by atoms with van der Waals surface area (Å²) in [6.07, 6.45) is 1.14. The number of carbonyl (C=O) groups is 1. The third-order valence-corrected chi connectivity index (χ3v) is 5.21. The number of amides is 1. The second-order valence-corrected chi connectivity index (χ2v) is 8.35. The van der Waals surface area contributed by atoms with E-state index in [9.17, 15) is 13.2 Å². The van der Waals surface area contributed by atoms with Gasteiger partial charge >= 0.3 is 0 Å². The maximum Gasteiger partial charge on any atom is 0.262 e. The summed E-state index contributed by atoms with van der Waals surface area (Å²) in [5.74, 6) is 0.237. The minimum absolute atomic E-state index is 0.131. The van der Waals surface area contributed by atoms with Crippen molar-refractivity contribution in [2.24, 2.45) is 0 Å². The molecule has 7 heteroatoms. The maximum absolute atomic E-state index is 12.2. The van der Waals surface area contributed by atoms with Crippen LogP contribution in [-0.2, 0) is 14.8 Å². The van der Waals surface area contributed by atoms with Gasteiger partial charge in [0.25, 0.3) is 5.91 Å². The highest BCUT2D eigenvalue weighted by Gasteiger charge is 2.12. The van der Waals surface area contributed by atoms with Crippen molar-refractivity contribution in [1.82, 2.24) is 0 Å². The molecule has 0 aliphatic rings. The van der Waals surface area contributed by atoms with E-state index >= 15 is 0 Å². The molecule has 0 radical (unpaired) electrons. The van der Waals surface area contributed by atoms with Crippen LogP contribution in [0.2, 0.25) is 0 Å². The third-order valence-electron chi connectivity index (χ3n) is 4.01. The van der Waals surface area contributed by atoms with E-state index in [1.165, 1.54) is 11.4 Å². The number of aryl methyl sites for hydroxylation is 3. The van der Waals surface area contributed by atoms with Crippen LogP contribution in [0.15, 0.2) is 36.4 Å².